The number of amides is 3. The van der Waals surface area contributed by atoms with Crippen molar-refractivity contribution in [3.63, 3.8) is 0 Å². The number of rotatable bonds is 3. The molecule has 4 heterocycles. The Balaban J connectivity index is 1.29. The second kappa shape index (κ2) is 10.5. The van der Waals surface area contributed by atoms with Crippen LogP contribution < -0.4 is 15.3 Å². The van der Waals surface area contributed by atoms with Gasteiger partial charge in [-0.3, -0.25) is 23.6 Å². The molecule has 6 rings (SSSR count). The quantitative estimate of drug-likeness (QED) is 0.429. The molecule has 2 fully saturated rings. The summed E-state index contributed by atoms with van der Waals surface area (Å²) in [5, 5.41) is 0. The lowest BCUT2D eigenvalue weighted by molar-refractivity contribution is -0.151. The van der Waals surface area contributed by atoms with Crippen molar-refractivity contribution in [2.24, 2.45) is 7.05 Å². The van der Waals surface area contributed by atoms with E-state index in [2.05, 4.69) is 4.90 Å². The molecule has 228 valence electrons. The molecule has 2 atom stereocenters. The largest absolute Gasteiger partial charge is 0.487 e. The first-order valence-corrected chi connectivity index (χ1v) is 14.9. The van der Waals surface area contributed by atoms with E-state index in [1.165, 1.54) is 14.0 Å². The predicted molar refractivity (Wildman–Crippen MR) is 161 cm³/mol. The maximum Gasteiger partial charge on any atom is 0.410 e. The van der Waals surface area contributed by atoms with Crippen molar-refractivity contribution < 1.29 is 23.9 Å². The van der Waals surface area contributed by atoms with Crippen LogP contribution >= 0.6 is 0 Å². The van der Waals surface area contributed by atoms with Gasteiger partial charge in [-0.2, -0.15) is 0 Å². The van der Waals surface area contributed by atoms with E-state index in [1.54, 1.807) is 11.9 Å². The molecule has 3 amide bonds. The lowest BCUT2D eigenvalue weighted by atomic mass is 10.0. The van der Waals surface area contributed by atoms with Crippen LogP contribution in [0.15, 0.2) is 35.1 Å². The van der Waals surface area contributed by atoms with Gasteiger partial charge in [0.1, 0.15) is 23.8 Å². The van der Waals surface area contributed by atoms with Crippen LogP contribution in [0.25, 0.3) is 11.0 Å². The highest BCUT2D eigenvalue weighted by Gasteiger charge is 2.40. The van der Waals surface area contributed by atoms with Crippen LogP contribution in [-0.4, -0.2) is 74.7 Å². The Morgan fingerprint density at radius 3 is 2.53 bits per heavy atom. The van der Waals surface area contributed by atoms with E-state index in [1.807, 2.05) is 65.0 Å². The molecule has 0 saturated carbocycles. The number of carbonyl (C=O) groups excluding carboxylic acids is 3. The first kappa shape index (κ1) is 28.8. The number of ether oxygens (including phenoxy) is 2. The van der Waals surface area contributed by atoms with Crippen molar-refractivity contribution in [2.75, 3.05) is 31.1 Å². The number of hydrogen-bond donors (Lipinski definition) is 0. The maximum atomic E-state index is 13.8. The Bertz CT molecular complexity index is 1700. The van der Waals surface area contributed by atoms with Crippen molar-refractivity contribution in [3.8, 4) is 5.75 Å². The van der Waals surface area contributed by atoms with E-state index in [4.69, 9.17) is 9.47 Å². The number of fused-ring (bicyclic) bond motifs is 5. The molecule has 2 aromatic carbocycles. The molecular formula is C32H39N5O6. The number of aromatic nitrogens is 2. The summed E-state index contributed by atoms with van der Waals surface area (Å²) in [5.74, 6) is -0.0183. The zero-order valence-corrected chi connectivity index (χ0v) is 25.7. The normalized spacial score (nSPS) is 20.7. The average Bonchev–Trinajstić information content (AvgIpc) is 3.21. The number of anilines is 1. The minimum absolute atomic E-state index is 0.0600. The fourth-order valence-corrected chi connectivity index (χ4v) is 6.40. The maximum absolute atomic E-state index is 13.8. The molecule has 11 heteroatoms. The van der Waals surface area contributed by atoms with Crippen molar-refractivity contribution in [1.29, 1.82) is 0 Å². The first-order chi connectivity index (χ1) is 20.3. The zero-order chi connectivity index (χ0) is 30.8. The molecule has 1 aromatic heterocycles. The van der Waals surface area contributed by atoms with Crippen molar-refractivity contribution in [2.45, 2.75) is 71.7 Å². The van der Waals surface area contributed by atoms with E-state index in [0.29, 0.717) is 43.0 Å². The second-order valence-corrected chi connectivity index (χ2v) is 12.9. The summed E-state index contributed by atoms with van der Waals surface area (Å²) < 4.78 is 14.9. The number of nitrogens with zero attached hydrogens (tertiary/aromatic N) is 5. The third kappa shape index (κ3) is 5.04. The average molecular weight is 590 g/mol. The van der Waals surface area contributed by atoms with E-state index in [9.17, 15) is 19.2 Å². The van der Waals surface area contributed by atoms with Gasteiger partial charge >= 0.3 is 11.8 Å². The lowest BCUT2D eigenvalue weighted by Crippen LogP contribution is -2.59. The van der Waals surface area contributed by atoms with E-state index in [-0.39, 0.29) is 49.0 Å². The minimum atomic E-state index is -0.799. The van der Waals surface area contributed by atoms with Gasteiger partial charge in [0.15, 0.2) is 5.75 Å². The molecule has 43 heavy (non-hydrogen) atoms. The molecule has 2 saturated heterocycles. The highest BCUT2D eigenvalue weighted by Crippen LogP contribution is 2.42. The molecule has 0 aliphatic carbocycles. The fourth-order valence-electron chi connectivity index (χ4n) is 6.40. The fraction of sp³-hybridized carbons (Fsp3) is 0.500. The summed E-state index contributed by atoms with van der Waals surface area (Å²) in [7, 11) is 1.68. The standard InChI is InChI=1S/C32H39N5O6/c1-19-7-8-21(15-20(19)2)16-36-26(38)12-11-25(29(36)39)37-23-9-10-24-28(27(23)33(6)30(37)40)42-18-22-17-34(13-14-35(22)24)31(41)43-32(3,4)5/h7-10,15,22,25H,11-14,16-18H2,1-6H3/t22-,25?/m0/s1. The third-order valence-corrected chi connectivity index (χ3v) is 8.75. The predicted octanol–water partition coefficient (Wildman–Crippen LogP) is 3.67. The number of benzene rings is 2. The Morgan fingerprint density at radius 1 is 1.05 bits per heavy atom. The van der Waals surface area contributed by atoms with Crippen molar-refractivity contribution in [1.82, 2.24) is 18.9 Å². The van der Waals surface area contributed by atoms with Crippen LogP contribution in [-0.2, 0) is 27.9 Å². The second-order valence-electron chi connectivity index (χ2n) is 12.9. The molecular weight excluding hydrogens is 550 g/mol. The monoisotopic (exact) mass is 589 g/mol. The van der Waals surface area contributed by atoms with Crippen LogP contribution in [0.5, 0.6) is 5.75 Å². The van der Waals surface area contributed by atoms with Gasteiger partial charge in [0.25, 0.3) is 5.91 Å². The lowest BCUT2D eigenvalue weighted by Gasteiger charge is -2.45. The molecule has 0 bridgehead atoms. The topological polar surface area (TPSA) is 106 Å². The molecule has 0 N–H and O–H groups in total. The zero-order valence-electron chi connectivity index (χ0n) is 25.7. The van der Waals surface area contributed by atoms with E-state index >= 15 is 0 Å². The van der Waals surface area contributed by atoms with Gasteiger partial charge in [-0.05, 0) is 69.9 Å². The number of carbonyl (C=O) groups is 3. The van der Waals surface area contributed by atoms with Crippen molar-refractivity contribution >= 4 is 34.6 Å². The van der Waals surface area contributed by atoms with Gasteiger partial charge in [-0.25, -0.2) is 9.59 Å². The van der Waals surface area contributed by atoms with Gasteiger partial charge in [-0.15, -0.1) is 0 Å². The molecule has 0 spiro atoms. The third-order valence-electron chi connectivity index (χ3n) is 8.75. The molecule has 0 radical (unpaired) electrons. The number of hydrogen-bond acceptors (Lipinski definition) is 7. The Morgan fingerprint density at radius 2 is 1.81 bits per heavy atom. The number of piperazine rings is 1. The van der Waals surface area contributed by atoms with Gasteiger partial charge in [0.05, 0.1) is 23.8 Å². The Hall–Kier alpha value is -4.28. The van der Waals surface area contributed by atoms with E-state index < -0.39 is 11.6 Å². The van der Waals surface area contributed by atoms with Crippen LogP contribution in [0.2, 0.25) is 0 Å². The highest BCUT2D eigenvalue weighted by molar-refractivity contribution is 6.00. The van der Waals surface area contributed by atoms with Crippen LogP contribution in [0.4, 0.5) is 10.5 Å². The van der Waals surface area contributed by atoms with Gasteiger partial charge < -0.3 is 19.3 Å². The molecule has 3 aliphatic rings. The number of likely N-dealkylation sites (tertiary alicyclic amines) is 1. The molecule has 1 unspecified atom stereocenters. The molecule has 3 aromatic rings. The molecule has 11 nitrogen and oxygen atoms in total. The number of piperidine rings is 1. The summed E-state index contributed by atoms with van der Waals surface area (Å²) in [6.07, 6.45) is 0.0945. The summed E-state index contributed by atoms with van der Waals surface area (Å²) in [5.41, 5.74) is 4.26. The number of imide groups is 1. The minimum Gasteiger partial charge on any atom is -0.487 e. The summed E-state index contributed by atoms with van der Waals surface area (Å²) in [6.45, 7) is 11.6. The van der Waals surface area contributed by atoms with Gasteiger partial charge in [0, 0.05) is 33.1 Å². The SMILES string of the molecule is Cc1ccc(CN2C(=O)CCC(n3c(=O)n(C)c4c5c(ccc43)N3CCN(C(=O)OC(C)(C)C)C[C@H]3CO5)C2=O)cc1C. The summed E-state index contributed by atoms with van der Waals surface area (Å²) in [6, 6.07) is 8.84. The van der Waals surface area contributed by atoms with Gasteiger partial charge in [0.2, 0.25) is 5.91 Å². The Labute approximate surface area is 250 Å². The smallest absolute Gasteiger partial charge is 0.410 e. The van der Waals surface area contributed by atoms with Crippen LogP contribution in [0, 0.1) is 13.8 Å². The Kier molecular flexibility index (Phi) is 7.01. The van der Waals surface area contributed by atoms with Crippen molar-refractivity contribution in [3.05, 3.63) is 57.5 Å². The van der Waals surface area contributed by atoms with Crippen LogP contribution in [0.1, 0.15) is 56.3 Å². The number of imidazole rings is 1. The van der Waals surface area contributed by atoms with Gasteiger partial charge in [-0.1, -0.05) is 18.2 Å². The summed E-state index contributed by atoms with van der Waals surface area (Å²) >= 11 is 0. The summed E-state index contributed by atoms with van der Waals surface area (Å²) in [4.78, 5) is 58.3. The van der Waals surface area contributed by atoms with E-state index in [0.717, 1.165) is 22.4 Å². The highest BCUT2D eigenvalue weighted by atomic mass is 16.6. The van der Waals surface area contributed by atoms with Crippen LogP contribution in [0.3, 0.4) is 0 Å². The molecule has 3 aliphatic heterocycles. The first-order valence-electron chi connectivity index (χ1n) is 14.9. The number of aryl methyl sites for hydroxylation is 3.